The number of hydrogen-bond acceptors (Lipinski definition) is 7. The van der Waals surface area contributed by atoms with Crippen LogP contribution in [0.1, 0.15) is 284 Å². The summed E-state index contributed by atoms with van der Waals surface area (Å²) in [6, 6.07) is 0. The van der Waals surface area contributed by atoms with Gasteiger partial charge in [-0.25, -0.2) is 4.57 Å². The van der Waals surface area contributed by atoms with Crippen molar-refractivity contribution in [3.8, 4) is 0 Å². The molecule has 8 nitrogen and oxygen atoms in total. The van der Waals surface area contributed by atoms with Crippen molar-refractivity contribution in [2.75, 3.05) is 33.0 Å². The molecule has 0 saturated heterocycles. The van der Waals surface area contributed by atoms with Gasteiger partial charge in [0, 0.05) is 19.6 Å². The molecule has 2 atom stereocenters. The maximum Gasteiger partial charge on any atom is 0.472 e. The van der Waals surface area contributed by atoms with E-state index < -0.39 is 13.9 Å². The van der Waals surface area contributed by atoms with Crippen LogP contribution in [0, 0.1) is 0 Å². The third-order valence-corrected chi connectivity index (χ3v) is 13.4. The van der Waals surface area contributed by atoms with Crippen molar-refractivity contribution in [2.45, 2.75) is 290 Å². The molecule has 3 N–H and O–H groups in total. The van der Waals surface area contributed by atoms with Crippen molar-refractivity contribution in [3.63, 3.8) is 0 Å². The average molecular weight is 926 g/mol. The summed E-state index contributed by atoms with van der Waals surface area (Å²) in [6.07, 6.45) is 62.3. The highest BCUT2D eigenvalue weighted by Gasteiger charge is 2.25. The molecule has 0 bridgehead atoms. The molecule has 64 heavy (non-hydrogen) atoms. The van der Waals surface area contributed by atoms with Gasteiger partial charge < -0.3 is 20.1 Å². The zero-order chi connectivity index (χ0) is 46.5. The van der Waals surface area contributed by atoms with Gasteiger partial charge in [-0.1, -0.05) is 256 Å². The fourth-order valence-corrected chi connectivity index (χ4v) is 9.03. The Hall–Kier alpha value is -1.02. The monoisotopic (exact) mass is 926 g/mol. The minimum atomic E-state index is -4.28. The summed E-state index contributed by atoms with van der Waals surface area (Å²) in [6.45, 7) is 4.96. The molecule has 0 aromatic rings. The second-order valence-corrected chi connectivity index (χ2v) is 20.3. The molecule has 0 fully saturated rings. The number of nitrogens with two attached hydrogens (primary N) is 1. The summed E-state index contributed by atoms with van der Waals surface area (Å²) in [5.41, 5.74) is 5.40. The normalized spacial score (nSPS) is 13.4. The van der Waals surface area contributed by atoms with Crippen LogP contribution in [-0.4, -0.2) is 49.9 Å². The molecule has 0 aliphatic carbocycles. The second-order valence-electron chi connectivity index (χ2n) is 18.8. The van der Waals surface area contributed by atoms with E-state index in [1.807, 2.05) is 0 Å². The van der Waals surface area contributed by atoms with E-state index in [0.29, 0.717) is 13.0 Å². The van der Waals surface area contributed by atoms with Crippen LogP contribution >= 0.6 is 7.82 Å². The Bertz CT molecular complexity index is 1040. The molecular weight excluding hydrogens is 818 g/mol. The zero-order valence-electron chi connectivity index (χ0n) is 42.5. The van der Waals surface area contributed by atoms with Crippen molar-refractivity contribution in [3.05, 3.63) is 24.3 Å². The topological polar surface area (TPSA) is 117 Å². The van der Waals surface area contributed by atoms with Crippen molar-refractivity contribution in [2.24, 2.45) is 5.73 Å². The maximum atomic E-state index is 12.7. The van der Waals surface area contributed by atoms with Gasteiger partial charge in [-0.05, 0) is 44.9 Å². The van der Waals surface area contributed by atoms with Crippen LogP contribution in [0.2, 0.25) is 0 Å². The molecule has 0 aromatic heterocycles. The van der Waals surface area contributed by atoms with Crippen molar-refractivity contribution in [1.29, 1.82) is 0 Å². The van der Waals surface area contributed by atoms with Gasteiger partial charge in [-0.15, -0.1) is 0 Å². The van der Waals surface area contributed by atoms with E-state index in [-0.39, 0.29) is 32.3 Å². The largest absolute Gasteiger partial charge is 0.472 e. The fourth-order valence-electron chi connectivity index (χ4n) is 8.27. The molecule has 0 spiro atoms. The number of phosphoric acid groups is 1. The first-order valence-electron chi connectivity index (χ1n) is 27.8. The lowest BCUT2D eigenvalue weighted by atomic mass is 10.0. The molecule has 0 amide bonds. The Balaban J connectivity index is 3.85. The first-order valence-corrected chi connectivity index (χ1v) is 29.3. The number of unbranched alkanes of at least 4 members (excludes halogenated alkanes) is 37. The maximum absolute atomic E-state index is 12.7. The highest BCUT2D eigenvalue weighted by atomic mass is 31.2. The summed E-state index contributed by atoms with van der Waals surface area (Å²) in [5.74, 6) is -0.324. The number of hydrogen-bond donors (Lipinski definition) is 2. The highest BCUT2D eigenvalue weighted by molar-refractivity contribution is 7.47. The van der Waals surface area contributed by atoms with Gasteiger partial charge in [0.05, 0.1) is 19.8 Å². The van der Waals surface area contributed by atoms with E-state index in [4.69, 9.17) is 24.3 Å². The molecule has 0 aliphatic rings. The molecule has 0 rings (SSSR count). The smallest absolute Gasteiger partial charge is 0.457 e. The number of carbonyl (C=O) groups is 1. The number of ether oxygens (including phenoxy) is 2. The van der Waals surface area contributed by atoms with E-state index >= 15 is 0 Å². The van der Waals surface area contributed by atoms with Crippen molar-refractivity contribution < 1.29 is 32.8 Å². The third-order valence-electron chi connectivity index (χ3n) is 12.4. The second kappa shape index (κ2) is 52.9. The Labute approximate surface area is 397 Å². The van der Waals surface area contributed by atoms with Crippen molar-refractivity contribution in [1.82, 2.24) is 0 Å². The lowest BCUT2D eigenvalue weighted by Crippen LogP contribution is -2.28. The van der Waals surface area contributed by atoms with Crippen LogP contribution in [0.15, 0.2) is 24.3 Å². The van der Waals surface area contributed by atoms with Crippen LogP contribution < -0.4 is 5.73 Å². The van der Waals surface area contributed by atoms with Gasteiger partial charge in [0.1, 0.15) is 6.10 Å². The number of allylic oxidation sites excluding steroid dienone is 4. The summed E-state index contributed by atoms with van der Waals surface area (Å²) in [4.78, 5) is 22.6. The van der Waals surface area contributed by atoms with E-state index in [2.05, 4.69) is 38.2 Å². The third kappa shape index (κ3) is 52.0. The molecule has 380 valence electrons. The van der Waals surface area contributed by atoms with Gasteiger partial charge in [0.2, 0.25) is 0 Å². The number of rotatable bonds is 54. The molecule has 2 unspecified atom stereocenters. The Morgan fingerprint density at radius 2 is 0.828 bits per heavy atom. The predicted octanol–water partition coefficient (Wildman–Crippen LogP) is 17.5. The van der Waals surface area contributed by atoms with Crippen LogP contribution in [0.3, 0.4) is 0 Å². The van der Waals surface area contributed by atoms with Gasteiger partial charge in [0.15, 0.2) is 0 Å². The quantitative estimate of drug-likeness (QED) is 0.0268. The molecule has 9 heteroatoms. The first-order chi connectivity index (χ1) is 31.4. The van der Waals surface area contributed by atoms with E-state index in [1.165, 1.54) is 225 Å². The molecule has 0 aliphatic heterocycles. The summed E-state index contributed by atoms with van der Waals surface area (Å²) in [7, 11) is -4.28. The van der Waals surface area contributed by atoms with Crippen LogP contribution in [0.25, 0.3) is 0 Å². The SMILES string of the molecule is CCCCC/C=C\C/C=C\CCCCCCCCCCCCOCC(COP(=O)(O)OCCN)OC(=O)CCCCCCCCCCCCCCCCCCCCCCCCCCC. The van der Waals surface area contributed by atoms with Crippen LogP contribution in [-0.2, 0) is 27.9 Å². The lowest BCUT2D eigenvalue weighted by Gasteiger charge is -2.20. The van der Waals surface area contributed by atoms with E-state index in [0.717, 1.165) is 38.5 Å². The minimum absolute atomic E-state index is 0.0934. The van der Waals surface area contributed by atoms with Gasteiger partial charge in [-0.3, -0.25) is 13.8 Å². The van der Waals surface area contributed by atoms with Gasteiger partial charge in [0.25, 0.3) is 0 Å². The van der Waals surface area contributed by atoms with Gasteiger partial charge >= 0.3 is 13.8 Å². The summed E-state index contributed by atoms with van der Waals surface area (Å²) < 4.78 is 33.7. The van der Waals surface area contributed by atoms with Crippen LogP contribution in [0.5, 0.6) is 0 Å². The molecule has 0 aromatic carbocycles. The van der Waals surface area contributed by atoms with E-state index in [9.17, 15) is 14.3 Å². The Morgan fingerprint density at radius 3 is 1.25 bits per heavy atom. The number of esters is 1. The fraction of sp³-hybridized carbons (Fsp3) is 0.909. The van der Waals surface area contributed by atoms with E-state index in [1.54, 1.807) is 0 Å². The standard InChI is InChI=1S/C55H108NO7P/c1-3-5-7-9-11-13-15-17-19-21-23-25-26-27-28-29-30-32-34-36-38-40-42-44-46-48-55(57)63-54(53-62-64(58,59)61-51-49-56)52-60-50-47-45-43-41-39-37-35-33-31-24-22-20-18-16-14-12-10-8-6-4-2/h12,14,18,20,54H,3-11,13,15-17,19,21-53,56H2,1-2H3,(H,58,59)/b14-12-,20-18-. The number of carbonyl (C=O) groups excluding carboxylic acids is 1. The Kier molecular flexibility index (Phi) is 52.1. The predicted molar refractivity (Wildman–Crippen MR) is 275 cm³/mol. The molecule has 0 heterocycles. The molecule has 0 saturated carbocycles. The molecular formula is C55H108NO7P. The zero-order valence-corrected chi connectivity index (χ0v) is 43.4. The van der Waals surface area contributed by atoms with Crippen molar-refractivity contribution >= 4 is 13.8 Å². The van der Waals surface area contributed by atoms with Gasteiger partial charge in [-0.2, -0.15) is 0 Å². The first kappa shape index (κ1) is 63.0. The summed E-state index contributed by atoms with van der Waals surface area (Å²) in [5, 5.41) is 0. The average Bonchev–Trinajstić information content (AvgIpc) is 3.29. The van der Waals surface area contributed by atoms with Crippen LogP contribution in [0.4, 0.5) is 0 Å². The molecule has 0 radical (unpaired) electrons. The lowest BCUT2D eigenvalue weighted by molar-refractivity contribution is -0.154. The summed E-state index contributed by atoms with van der Waals surface area (Å²) >= 11 is 0. The Morgan fingerprint density at radius 1 is 0.469 bits per heavy atom. The minimum Gasteiger partial charge on any atom is -0.457 e. The highest BCUT2D eigenvalue weighted by Crippen LogP contribution is 2.43. The number of phosphoric ester groups is 1.